The molecule has 0 radical (unpaired) electrons. The molecule has 6 heteroatoms. The van der Waals surface area contributed by atoms with Gasteiger partial charge in [0.2, 0.25) is 5.91 Å². The van der Waals surface area contributed by atoms with Crippen molar-refractivity contribution in [3.8, 4) is 0 Å². The molecule has 2 amide bonds. The summed E-state index contributed by atoms with van der Waals surface area (Å²) in [7, 11) is 0. The molecular weight excluding hydrogens is 400 g/mol. The Labute approximate surface area is 186 Å². The summed E-state index contributed by atoms with van der Waals surface area (Å²) in [5, 5.41) is 9.27. The highest BCUT2D eigenvalue weighted by molar-refractivity contribution is 6.11. The molecule has 6 nitrogen and oxygen atoms in total. The fourth-order valence-electron chi connectivity index (χ4n) is 3.86. The van der Waals surface area contributed by atoms with E-state index in [2.05, 4.69) is 39.5 Å². The molecular formula is C26H26N4O2. The molecule has 4 aromatic rings. The van der Waals surface area contributed by atoms with Crippen molar-refractivity contribution < 1.29 is 9.59 Å². The number of aromatic nitrogens is 1. The number of hydrogen-bond donors (Lipinski definition) is 2. The van der Waals surface area contributed by atoms with Crippen LogP contribution < -0.4 is 10.7 Å². The van der Waals surface area contributed by atoms with E-state index in [0.717, 1.165) is 34.1 Å². The van der Waals surface area contributed by atoms with Crippen LogP contribution in [0.1, 0.15) is 36.2 Å². The summed E-state index contributed by atoms with van der Waals surface area (Å²) in [6.45, 7) is 6.68. The van der Waals surface area contributed by atoms with E-state index < -0.39 is 0 Å². The number of rotatable bonds is 6. The molecule has 0 spiro atoms. The number of benzene rings is 3. The van der Waals surface area contributed by atoms with E-state index in [0.29, 0.717) is 11.3 Å². The zero-order chi connectivity index (χ0) is 22.7. The number of amides is 2. The molecule has 0 aliphatic carbocycles. The highest BCUT2D eigenvalue weighted by Crippen LogP contribution is 2.31. The van der Waals surface area contributed by atoms with Crippen molar-refractivity contribution in [2.45, 2.75) is 33.7 Å². The number of carbonyl (C=O) groups excluding carboxylic acids is 2. The van der Waals surface area contributed by atoms with Crippen LogP contribution in [0.15, 0.2) is 71.8 Å². The van der Waals surface area contributed by atoms with Crippen LogP contribution in [-0.4, -0.2) is 22.1 Å². The normalized spacial score (nSPS) is 11.7. The molecule has 0 bridgehead atoms. The van der Waals surface area contributed by atoms with Crippen molar-refractivity contribution in [2.24, 2.45) is 5.10 Å². The summed E-state index contributed by atoms with van der Waals surface area (Å²) < 4.78 is 2.27. The fraction of sp³-hybridized carbons (Fsp3) is 0.192. The second kappa shape index (κ2) is 9.06. The Kier molecular flexibility index (Phi) is 6.03. The average molecular weight is 427 g/mol. The van der Waals surface area contributed by atoms with E-state index in [-0.39, 0.29) is 18.2 Å². The van der Waals surface area contributed by atoms with Gasteiger partial charge < -0.3 is 9.88 Å². The van der Waals surface area contributed by atoms with Gasteiger partial charge in [0, 0.05) is 45.3 Å². The van der Waals surface area contributed by atoms with E-state index in [1.165, 1.54) is 5.52 Å². The maximum absolute atomic E-state index is 12.5. The quantitative estimate of drug-likeness (QED) is 0.326. The smallest absolute Gasteiger partial charge is 0.271 e. The number of anilines is 1. The average Bonchev–Trinajstić information content (AvgIpc) is 3.11. The SMILES string of the molecule is CCn1c2ccccc2c2cc(NC(=O)CC(C)=NNC(=O)c3ccc(C)cc3)ccc21. The number of hydrogen-bond acceptors (Lipinski definition) is 3. The monoisotopic (exact) mass is 426 g/mol. The van der Waals surface area contributed by atoms with Crippen LogP contribution in [-0.2, 0) is 11.3 Å². The summed E-state index contributed by atoms with van der Waals surface area (Å²) in [6, 6.07) is 21.5. The molecule has 0 atom stereocenters. The van der Waals surface area contributed by atoms with Gasteiger partial charge in [0.25, 0.3) is 5.91 Å². The summed E-state index contributed by atoms with van der Waals surface area (Å²) in [6.07, 6.45) is 0.0862. The lowest BCUT2D eigenvalue weighted by Crippen LogP contribution is -2.21. The molecule has 0 aliphatic rings. The van der Waals surface area contributed by atoms with Crippen molar-refractivity contribution in [3.63, 3.8) is 0 Å². The standard InChI is InChI=1S/C26H26N4O2/c1-4-30-23-8-6-5-7-21(23)22-16-20(13-14-24(22)30)27-25(31)15-18(3)28-29-26(32)19-11-9-17(2)10-12-19/h5-14,16H,4,15H2,1-3H3,(H,27,31)(H,29,32). The number of hydrazone groups is 1. The van der Waals surface area contributed by atoms with E-state index in [1.54, 1.807) is 19.1 Å². The van der Waals surface area contributed by atoms with Gasteiger partial charge >= 0.3 is 0 Å². The number of aryl methyl sites for hydroxylation is 2. The first-order valence-electron chi connectivity index (χ1n) is 10.7. The largest absolute Gasteiger partial charge is 0.341 e. The Bertz CT molecular complexity index is 1330. The van der Waals surface area contributed by atoms with Gasteiger partial charge in [0.15, 0.2) is 0 Å². The molecule has 0 unspecified atom stereocenters. The van der Waals surface area contributed by atoms with Crippen LogP contribution in [0, 0.1) is 6.92 Å². The van der Waals surface area contributed by atoms with Crippen molar-refractivity contribution >= 4 is 45.0 Å². The third-order valence-corrected chi connectivity index (χ3v) is 5.45. The third kappa shape index (κ3) is 4.39. The highest BCUT2D eigenvalue weighted by atomic mass is 16.2. The minimum atomic E-state index is -0.303. The zero-order valence-corrected chi connectivity index (χ0v) is 18.5. The first-order valence-corrected chi connectivity index (χ1v) is 10.7. The van der Waals surface area contributed by atoms with Crippen LogP contribution in [0.5, 0.6) is 0 Å². The van der Waals surface area contributed by atoms with Crippen LogP contribution >= 0.6 is 0 Å². The molecule has 1 aromatic heterocycles. The highest BCUT2D eigenvalue weighted by Gasteiger charge is 2.11. The topological polar surface area (TPSA) is 75.5 Å². The lowest BCUT2D eigenvalue weighted by molar-refractivity contribution is -0.115. The molecule has 32 heavy (non-hydrogen) atoms. The van der Waals surface area contributed by atoms with E-state index >= 15 is 0 Å². The first kappa shape index (κ1) is 21.3. The number of carbonyl (C=O) groups is 2. The van der Waals surface area contributed by atoms with Gasteiger partial charge in [-0.05, 0) is 57.2 Å². The maximum Gasteiger partial charge on any atom is 0.271 e. The maximum atomic E-state index is 12.5. The lowest BCUT2D eigenvalue weighted by Gasteiger charge is -2.07. The van der Waals surface area contributed by atoms with Gasteiger partial charge in [-0.1, -0.05) is 35.9 Å². The molecule has 0 aliphatic heterocycles. The minimum absolute atomic E-state index is 0.0862. The Hall–Kier alpha value is -3.93. The molecule has 162 valence electrons. The van der Waals surface area contributed by atoms with E-state index in [9.17, 15) is 9.59 Å². The molecule has 0 fully saturated rings. The van der Waals surface area contributed by atoms with E-state index in [1.807, 2.05) is 49.4 Å². The summed E-state index contributed by atoms with van der Waals surface area (Å²) in [5.41, 5.74) is 7.69. The van der Waals surface area contributed by atoms with Crippen molar-refractivity contribution in [1.29, 1.82) is 0 Å². The van der Waals surface area contributed by atoms with E-state index in [4.69, 9.17) is 0 Å². The van der Waals surface area contributed by atoms with Crippen molar-refractivity contribution in [3.05, 3.63) is 77.9 Å². The Morgan fingerprint density at radius 1 is 0.938 bits per heavy atom. The second-order valence-electron chi connectivity index (χ2n) is 7.87. The number of nitrogens with zero attached hydrogens (tertiary/aromatic N) is 2. The first-order chi connectivity index (χ1) is 15.5. The van der Waals surface area contributed by atoms with Crippen LogP contribution in [0.25, 0.3) is 21.8 Å². The number of para-hydroxylation sites is 1. The molecule has 4 rings (SSSR count). The third-order valence-electron chi connectivity index (χ3n) is 5.45. The Morgan fingerprint density at radius 2 is 1.66 bits per heavy atom. The fourth-order valence-corrected chi connectivity index (χ4v) is 3.86. The number of fused-ring (bicyclic) bond motifs is 3. The zero-order valence-electron chi connectivity index (χ0n) is 18.5. The van der Waals surface area contributed by atoms with Gasteiger partial charge in [-0.2, -0.15) is 5.10 Å². The summed E-state index contributed by atoms with van der Waals surface area (Å²) in [5.74, 6) is -0.489. The van der Waals surface area contributed by atoms with Gasteiger partial charge in [0.05, 0.1) is 6.42 Å². The molecule has 3 aromatic carbocycles. The number of nitrogens with one attached hydrogen (secondary N) is 2. The lowest BCUT2D eigenvalue weighted by atomic mass is 10.1. The van der Waals surface area contributed by atoms with Crippen LogP contribution in [0.3, 0.4) is 0 Å². The molecule has 1 heterocycles. The van der Waals surface area contributed by atoms with Gasteiger partial charge in [-0.15, -0.1) is 0 Å². The molecule has 0 saturated heterocycles. The Morgan fingerprint density at radius 3 is 2.41 bits per heavy atom. The predicted molar refractivity (Wildman–Crippen MR) is 130 cm³/mol. The van der Waals surface area contributed by atoms with Crippen LogP contribution in [0.2, 0.25) is 0 Å². The molecule has 2 N–H and O–H groups in total. The van der Waals surface area contributed by atoms with Gasteiger partial charge in [-0.3, -0.25) is 9.59 Å². The van der Waals surface area contributed by atoms with Gasteiger partial charge in [-0.25, -0.2) is 5.43 Å². The Balaban J connectivity index is 1.44. The van der Waals surface area contributed by atoms with Crippen molar-refractivity contribution in [2.75, 3.05) is 5.32 Å². The van der Waals surface area contributed by atoms with Crippen LogP contribution in [0.4, 0.5) is 5.69 Å². The second-order valence-corrected chi connectivity index (χ2v) is 7.87. The van der Waals surface area contributed by atoms with Crippen molar-refractivity contribution in [1.82, 2.24) is 9.99 Å². The molecule has 0 saturated carbocycles. The minimum Gasteiger partial charge on any atom is -0.341 e. The summed E-state index contributed by atoms with van der Waals surface area (Å²) in [4.78, 5) is 24.7. The predicted octanol–water partition coefficient (Wildman–Crippen LogP) is 5.26. The van der Waals surface area contributed by atoms with Gasteiger partial charge in [0.1, 0.15) is 0 Å². The summed E-state index contributed by atoms with van der Waals surface area (Å²) >= 11 is 0.